The Bertz CT molecular complexity index is 1240. The smallest absolute Gasteiger partial charge is 0.274 e. The molecule has 1 aromatic heterocycles. The third-order valence-corrected chi connectivity index (χ3v) is 4.73. The first-order valence-electron chi connectivity index (χ1n) is 9.46. The van der Waals surface area contributed by atoms with Crippen molar-refractivity contribution in [2.75, 3.05) is 11.9 Å². The molecule has 0 saturated heterocycles. The fourth-order valence-electron chi connectivity index (χ4n) is 3.04. The average Bonchev–Trinajstić information content (AvgIpc) is 3.25. The molecule has 4 rings (SSSR count). The van der Waals surface area contributed by atoms with Crippen LogP contribution in [0, 0.1) is 11.3 Å². The maximum Gasteiger partial charge on any atom is 0.274 e. The molecule has 0 aliphatic heterocycles. The first-order chi connectivity index (χ1) is 15.1. The van der Waals surface area contributed by atoms with Crippen LogP contribution < -0.4 is 10.1 Å². The van der Waals surface area contributed by atoms with E-state index in [1.807, 2.05) is 48.5 Å². The molecule has 0 fully saturated rings. The van der Waals surface area contributed by atoms with Crippen LogP contribution in [0.3, 0.4) is 0 Å². The fourth-order valence-corrected chi connectivity index (χ4v) is 3.17. The van der Waals surface area contributed by atoms with Crippen molar-refractivity contribution in [3.63, 3.8) is 0 Å². The molecule has 0 bridgehead atoms. The van der Waals surface area contributed by atoms with Crippen molar-refractivity contribution in [1.82, 2.24) is 9.78 Å². The van der Waals surface area contributed by atoms with Gasteiger partial charge in [0.15, 0.2) is 6.61 Å². The summed E-state index contributed by atoms with van der Waals surface area (Å²) in [7, 11) is 0. The van der Waals surface area contributed by atoms with Crippen LogP contribution in [0.15, 0.2) is 84.9 Å². The molecule has 6 nitrogen and oxygen atoms in total. The number of hydrogen-bond acceptors (Lipinski definition) is 4. The van der Waals surface area contributed by atoms with E-state index in [0.717, 1.165) is 11.3 Å². The third-order valence-electron chi connectivity index (χ3n) is 4.48. The van der Waals surface area contributed by atoms with Crippen LogP contribution in [0.2, 0.25) is 5.02 Å². The van der Waals surface area contributed by atoms with Gasteiger partial charge in [-0.25, -0.2) is 4.68 Å². The number of anilines is 1. The molecule has 0 unspecified atom stereocenters. The topological polar surface area (TPSA) is 79.9 Å². The molecular formula is C24H17ClN4O2. The fraction of sp³-hybridized carbons (Fsp3) is 0.0417. The second kappa shape index (κ2) is 9.16. The highest BCUT2D eigenvalue weighted by Crippen LogP contribution is 2.25. The number of benzene rings is 3. The quantitative estimate of drug-likeness (QED) is 0.449. The highest BCUT2D eigenvalue weighted by Gasteiger charge is 2.18. The van der Waals surface area contributed by atoms with Crippen LogP contribution in [0.1, 0.15) is 10.5 Å². The number of nitriles is 1. The minimum atomic E-state index is -0.325. The Kier molecular flexibility index (Phi) is 5.97. The number of hydrogen-bond donors (Lipinski definition) is 1. The van der Waals surface area contributed by atoms with Gasteiger partial charge in [-0.3, -0.25) is 4.79 Å². The van der Waals surface area contributed by atoms with Gasteiger partial charge in [0, 0.05) is 22.3 Å². The predicted molar refractivity (Wildman–Crippen MR) is 120 cm³/mol. The van der Waals surface area contributed by atoms with Crippen LogP contribution in [0.5, 0.6) is 5.75 Å². The minimum absolute atomic E-state index is 0.0668. The van der Waals surface area contributed by atoms with Crippen molar-refractivity contribution < 1.29 is 9.53 Å². The highest BCUT2D eigenvalue weighted by molar-refractivity contribution is 6.30. The van der Waals surface area contributed by atoms with Gasteiger partial charge in [0.05, 0.1) is 11.4 Å². The maximum atomic E-state index is 13.1. The Labute approximate surface area is 184 Å². The van der Waals surface area contributed by atoms with E-state index in [-0.39, 0.29) is 12.5 Å². The van der Waals surface area contributed by atoms with Crippen LogP contribution in [-0.4, -0.2) is 22.3 Å². The summed E-state index contributed by atoms with van der Waals surface area (Å²) in [6.45, 7) is -0.0668. The van der Waals surface area contributed by atoms with E-state index >= 15 is 0 Å². The van der Waals surface area contributed by atoms with E-state index in [0.29, 0.717) is 27.8 Å². The molecule has 0 aliphatic carbocycles. The van der Waals surface area contributed by atoms with Crippen molar-refractivity contribution >= 4 is 23.2 Å². The predicted octanol–water partition coefficient (Wildman–Crippen LogP) is 5.35. The third kappa shape index (κ3) is 4.74. The van der Waals surface area contributed by atoms with Crippen LogP contribution in [0.25, 0.3) is 16.9 Å². The first-order valence-corrected chi connectivity index (χ1v) is 9.84. The van der Waals surface area contributed by atoms with Crippen molar-refractivity contribution in [2.45, 2.75) is 0 Å². The number of amides is 1. The zero-order chi connectivity index (χ0) is 21.6. The molecule has 0 saturated carbocycles. The minimum Gasteiger partial charge on any atom is -0.479 e. The molecule has 1 amide bonds. The van der Waals surface area contributed by atoms with Gasteiger partial charge in [0.25, 0.3) is 5.91 Å². The lowest BCUT2D eigenvalue weighted by atomic mass is 10.1. The van der Waals surface area contributed by atoms with E-state index in [1.54, 1.807) is 47.1 Å². The molecule has 0 radical (unpaired) electrons. The summed E-state index contributed by atoms with van der Waals surface area (Å²) in [5.74, 6) is 0.173. The summed E-state index contributed by atoms with van der Waals surface area (Å²) in [6.07, 6.45) is 0. The summed E-state index contributed by atoms with van der Waals surface area (Å²) >= 11 is 6.00. The first kappa shape index (κ1) is 20.2. The van der Waals surface area contributed by atoms with Gasteiger partial charge in [-0.1, -0.05) is 48.0 Å². The van der Waals surface area contributed by atoms with Gasteiger partial charge >= 0.3 is 0 Å². The van der Waals surface area contributed by atoms with E-state index in [9.17, 15) is 4.79 Å². The molecule has 0 atom stereocenters. The van der Waals surface area contributed by atoms with Gasteiger partial charge in [-0.05, 0) is 42.5 Å². The number of aromatic nitrogens is 2. The van der Waals surface area contributed by atoms with Gasteiger partial charge in [0.2, 0.25) is 0 Å². The number of carbonyl (C=O) groups excluding carboxylic acids is 1. The number of nitrogens with zero attached hydrogens (tertiary/aromatic N) is 3. The van der Waals surface area contributed by atoms with Crippen molar-refractivity contribution in [1.29, 1.82) is 5.26 Å². The summed E-state index contributed by atoms with van der Waals surface area (Å²) in [4.78, 5) is 13.1. The monoisotopic (exact) mass is 428 g/mol. The van der Waals surface area contributed by atoms with Gasteiger partial charge in [0.1, 0.15) is 17.5 Å². The molecular weight excluding hydrogens is 412 g/mol. The molecule has 7 heteroatoms. The zero-order valence-electron chi connectivity index (χ0n) is 16.3. The number of nitrogens with one attached hydrogen (secondary N) is 1. The summed E-state index contributed by atoms with van der Waals surface area (Å²) < 4.78 is 6.91. The summed E-state index contributed by atoms with van der Waals surface area (Å²) in [5.41, 5.74) is 3.18. The molecule has 152 valence electrons. The Hall–Kier alpha value is -4.08. The van der Waals surface area contributed by atoms with E-state index in [2.05, 4.69) is 10.4 Å². The Morgan fingerprint density at radius 3 is 2.55 bits per heavy atom. The second-order valence-electron chi connectivity index (χ2n) is 6.60. The number of rotatable bonds is 6. The van der Waals surface area contributed by atoms with Gasteiger partial charge in [-0.2, -0.15) is 10.4 Å². The van der Waals surface area contributed by atoms with Gasteiger partial charge < -0.3 is 10.1 Å². The number of halogens is 1. The van der Waals surface area contributed by atoms with E-state index < -0.39 is 0 Å². The standard InChI is InChI=1S/C24H17ClN4O2/c25-18-11-9-17(10-12-18)22-16-23(29(28-22)20-6-2-1-3-7-20)24(30)27-19-5-4-8-21(15-19)31-14-13-26/h1-12,15-16H,14H2,(H,27,30). The van der Waals surface area contributed by atoms with E-state index in [4.69, 9.17) is 21.6 Å². The molecule has 3 aromatic carbocycles. The van der Waals surface area contributed by atoms with Gasteiger partial charge in [-0.15, -0.1) is 0 Å². The maximum absolute atomic E-state index is 13.1. The van der Waals surface area contributed by atoms with Crippen LogP contribution in [0.4, 0.5) is 5.69 Å². The molecule has 0 spiro atoms. The molecule has 1 heterocycles. The van der Waals surface area contributed by atoms with Crippen molar-refractivity contribution in [3.05, 3.63) is 95.6 Å². The highest BCUT2D eigenvalue weighted by atomic mass is 35.5. The molecule has 0 aliphatic rings. The lowest BCUT2D eigenvalue weighted by Crippen LogP contribution is -2.17. The SMILES string of the molecule is N#CCOc1cccc(NC(=O)c2cc(-c3ccc(Cl)cc3)nn2-c2ccccc2)c1. The van der Waals surface area contributed by atoms with Crippen LogP contribution >= 0.6 is 11.6 Å². The second-order valence-corrected chi connectivity index (χ2v) is 7.03. The zero-order valence-corrected chi connectivity index (χ0v) is 17.1. The average molecular weight is 429 g/mol. The van der Waals surface area contributed by atoms with Crippen molar-refractivity contribution in [3.8, 4) is 28.8 Å². The number of ether oxygens (including phenoxy) is 1. The summed E-state index contributed by atoms with van der Waals surface area (Å²) in [6, 6.07) is 27.3. The normalized spacial score (nSPS) is 10.3. The molecule has 4 aromatic rings. The largest absolute Gasteiger partial charge is 0.479 e. The van der Waals surface area contributed by atoms with Crippen molar-refractivity contribution in [2.24, 2.45) is 0 Å². The Morgan fingerprint density at radius 2 is 1.81 bits per heavy atom. The number of para-hydroxylation sites is 1. The molecule has 1 N–H and O–H groups in total. The molecule has 31 heavy (non-hydrogen) atoms. The van der Waals surface area contributed by atoms with Crippen LogP contribution in [-0.2, 0) is 0 Å². The lowest BCUT2D eigenvalue weighted by molar-refractivity contribution is 0.101. The Morgan fingerprint density at radius 1 is 1.03 bits per heavy atom. The lowest BCUT2D eigenvalue weighted by Gasteiger charge is -2.09. The summed E-state index contributed by atoms with van der Waals surface area (Å²) in [5, 5.41) is 16.8. The van der Waals surface area contributed by atoms with E-state index in [1.165, 1.54) is 0 Å². The number of carbonyl (C=O) groups is 1. The Balaban J connectivity index is 1.68.